The van der Waals surface area contributed by atoms with Crippen molar-refractivity contribution in [1.82, 2.24) is 15.3 Å². The fraction of sp³-hybridized carbons (Fsp3) is 0.250. The number of nitrogen functional groups attached to an aromatic ring is 1. The quantitative estimate of drug-likeness (QED) is 0.912. The molecule has 100 valence electrons. The molecule has 19 heavy (non-hydrogen) atoms. The monoisotopic (exact) mass is 296 g/mol. The molecule has 1 unspecified atom stereocenters. The Balaban J connectivity index is 2.15. The predicted octanol–water partition coefficient (Wildman–Crippen LogP) is 2.57. The van der Waals surface area contributed by atoms with E-state index < -0.39 is 0 Å². The van der Waals surface area contributed by atoms with Gasteiger partial charge in [0, 0.05) is 11.1 Å². The molecule has 1 atom stereocenters. The maximum atomic E-state index is 12.1. The number of amides is 1. The number of aryl methyl sites for hydroxylation is 1. The maximum absolute atomic E-state index is 12.1. The van der Waals surface area contributed by atoms with E-state index in [1.165, 1.54) is 11.3 Å². The van der Waals surface area contributed by atoms with Gasteiger partial charge in [-0.3, -0.25) is 4.79 Å². The van der Waals surface area contributed by atoms with Gasteiger partial charge in [0.25, 0.3) is 5.91 Å². The van der Waals surface area contributed by atoms with Crippen molar-refractivity contribution in [2.75, 3.05) is 5.73 Å². The number of thiazole rings is 1. The highest BCUT2D eigenvalue weighted by Gasteiger charge is 2.17. The van der Waals surface area contributed by atoms with Crippen LogP contribution in [0.2, 0.25) is 5.02 Å². The summed E-state index contributed by atoms with van der Waals surface area (Å²) in [7, 11) is 0. The minimum atomic E-state index is -0.363. The molecule has 0 radical (unpaired) electrons. The molecule has 0 aromatic carbocycles. The second-order valence-electron chi connectivity index (χ2n) is 4.09. The van der Waals surface area contributed by atoms with Crippen LogP contribution in [0.4, 0.5) is 5.82 Å². The number of pyridine rings is 1. The summed E-state index contributed by atoms with van der Waals surface area (Å²) in [5.41, 5.74) is 6.61. The molecule has 2 aromatic heterocycles. The van der Waals surface area contributed by atoms with Crippen molar-refractivity contribution < 1.29 is 4.79 Å². The molecule has 2 heterocycles. The molecule has 2 rings (SSSR count). The van der Waals surface area contributed by atoms with Crippen LogP contribution in [-0.4, -0.2) is 15.9 Å². The van der Waals surface area contributed by atoms with Crippen molar-refractivity contribution in [2.45, 2.75) is 19.9 Å². The standard InChI is InChI=1S/C12H13ClN4OS/c1-6-5-19-12(15-6)7(2)16-11(18)10-8(13)3-4-9(14)17-10/h3-5,7H,1-2H3,(H2,14,17)(H,16,18). The van der Waals surface area contributed by atoms with Crippen LogP contribution in [0.3, 0.4) is 0 Å². The first-order chi connectivity index (χ1) is 8.97. The van der Waals surface area contributed by atoms with Crippen LogP contribution in [-0.2, 0) is 0 Å². The summed E-state index contributed by atoms with van der Waals surface area (Å²) >= 11 is 7.43. The minimum absolute atomic E-state index is 0.127. The van der Waals surface area contributed by atoms with Crippen molar-refractivity contribution >= 4 is 34.7 Å². The second kappa shape index (κ2) is 5.54. The Bertz CT molecular complexity index is 614. The van der Waals surface area contributed by atoms with Crippen LogP contribution >= 0.6 is 22.9 Å². The van der Waals surface area contributed by atoms with Crippen LogP contribution in [0, 0.1) is 6.92 Å². The first kappa shape index (κ1) is 13.8. The van der Waals surface area contributed by atoms with Crippen LogP contribution < -0.4 is 11.1 Å². The third kappa shape index (κ3) is 3.21. The molecular formula is C12H13ClN4OS. The molecule has 0 saturated carbocycles. The number of carbonyl (C=O) groups excluding carboxylic acids is 1. The lowest BCUT2D eigenvalue weighted by Crippen LogP contribution is -2.27. The number of hydrogen-bond donors (Lipinski definition) is 2. The minimum Gasteiger partial charge on any atom is -0.384 e. The Morgan fingerprint density at radius 2 is 2.21 bits per heavy atom. The molecular weight excluding hydrogens is 284 g/mol. The summed E-state index contributed by atoms with van der Waals surface area (Å²) in [6.07, 6.45) is 0. The number of nitrogens with two attached hydrogens (primary N) is 1. The van der Waals surface area contributed by atoms with Crippen molar-refractivity contribution in [3.63, 3.8) is 0 Å². The van der Waals surface area contributed by atoms with Crippen molar-refractivity contribution in [1.29, 1.82) is 0 Å². The van der Waals surface area contributed by atoms with Crippen LogP contribution in [0.25, 0.3) is 0 Å². The molecule has 0 bridgehead atoms. The SMILES string of the molecule is Cc1csc(C(C)NC(=O)c2nc(N)ccc2Cl)n1. The average molecular weight is 297 g/mol. The smallest absolute Gasteiger partial charge is 0.272 e. The number of carbonyl (C=O) groups is 1. The molecule has 0 aliphatic rings. The van der Waals surface area contributed by atoms with Gasteiger partial charge in [-0.05, 0) is 26.0 Å². The van der Waals surface area contributed by atoms with Gasteiger partial charge in [-0.15, -0.1) is 11.3 Å². The number of halogens is 1. The van der Waals surface area contributed by atoms with Crippen LogP contribution in [0.1, 0.15) is 34.2 Å². The molecule has 0 fully saturated rings. The number of rotatable bonds is 3. The lowest BCUT2D eigenvalue weighted by atomic mass is 10.3. The van der Waals surface area contributed by atoms with Crippen molar-refractivity contribution in [2.24, 2.45) is 0 Å². The van der Waals surface area contributed by atoms with Crippen LogP contribution in [0.15, 0.2) is 17.5 Å². The Hall–Kier alpha value is -1.66. The molecule has 2 aromatic rings. The lowest BCUT2D eigenvalue weighted by molar-refractivity contribution is 0.0935. The lowest BCUT2D eigenvalue weighted by Gasteiger charge is -2.11. The summed E-state index contributed by atoms with van der Waals surface area (Å²) in [6.45, 7) is 3.77. The molecule has 5 nitrogen and oxygen atoms in total. The third-order valence-electron chi connectivity index (χ3n) is 2.44. The van der Waals surface area contributed by atoms with Gasteiger partial charge in [-0.1, -0.05) is 11.6 Å². The highest BCUT2D eigenvalue weighted by molar-refractivity contribution is 7.09. The Morgan fingerprint density at radius 1 is 1.47 bits per heavy atom. The van der Waals surface area contributed by atoms with Gasteiger partial charge in [0.15, 0.2) is 0 Å². The molecule has 0 aliphatic carbocycles. The van der Waals surface area contributed by atoms with E-state index in [0.717, 1.165) is 10.7 Å². The first-order valence-electron chi connectivity index (χ1n) is 5.62. The topological polar surface area (TPSA) is 80.9 Å². The average Bonchev–Trinajstić information content (AvgIpc) is 2.79. The van der Waals surface area contributed by atoms with Gasteiger partial charge in [0.2, 0.25) is 0 Å². The van der Waals surface area contributed by atoms with E-state index in [1.807, 2.05) is 19.2 Å². The number of aromatic nitrogens is 2. The van der Waals surface area contributed by atoms with Crippen molar-refractivity contribution in [3.05, 3.63) is 38.9 Å². The van der Waals surface area contributed by atoms with Crippen LogP contribution in [0.5, 0.6) is 0 Å². The van der Waals surface area contributed by atoms with Gasteiger partial charge in [0.05, 0.1) is 11.1 Å². The van der Waals surface area contributed by atoms with E-state index in [9.17, 15) is 4.79 Å². The normalized spacial score (nSPS) is 12.2. The van der Waals surface area contributed by atoms with Gasteiger partial charge < -0.3 is 11.1 Å². The van der Waals surface area contributed by atoms with E-state index in [0.29, 0.717) is 0 Å². The van der Waals surface area contributed by atoms with E-state index in [2.05, 4.69) is 15.3 Å². The predicted molar refractivity (Wildman–Crippen MR) is 76.4 cm³/mol. The summed E-state index contributed by atoms with van der Waals surface area (Å²) in [6, 6.07) is 2.90. The van der Waals surface area contributed by atoms with Gasteiger partial charge in [-0.2, -0.15) is 0 Å². The zero-order valence-corrected chi connectivity index (χ0v) is 12.0. The summed E-state index contributed by atoms with van der Waals surface area (Å²) in [5, 5.41) is 5.85. The largest absolute Gasteiger partial charge is 0.384 e. The summed E-state index contributed by atoms with van der Waals surface area (Å²) in [5.74, 6) is -0.107. The highest BCUT2D eigenvalue weighted by atomic mass is 35.5. The Labute approximate surface area is 119 Å². The number of hydrogen-bond acceptors (Lipinski definition) is 5. The van der Waals surface area contributed by atoms with E-state index >= 15 is 0 Å². The highest BCUT2D eigenvalue weighted by Crippen LogP contribution is 2.20. The molecule has 0 aliphatic heterocycles. The molecule has 0 spiro atoms. The first-order valence-corrected chi connectivity index (χ1v) is 6.88. The van der Waals surface area contributed by atoms with Gasteiger partial charge in [0.1, 0.15) is 16.5 Å². The van der Waals surface area contributed by atoms with Gasteiger partial charge in [-0.25, -0.2) is 9.97 Å². The summed E-state index contributed by atoms with van der Waals surface area (Å²) < 4.78 is 0. The zero-order valence-electron chi connectivity index (χ0n) is 10.5. The molecule has 1 amide bonds. The van der Waals surface area contributed by atoms with E-state index in [1.54, 1.807) is 12.1 Å². The number of anilines is 1. The second-order valence-corrected chi connectivity index (χ2v) is 5.39. The molecule has 3 N–H and O–H groups in total. The molecule has 7 heteroatoms. The van der Waals surface area contributed by atoms with E-state index in [4.69, 9.17) is 17.3 Å². The van der Waals surface area contributed by atoms with Crippen molar-refractivity contribution in [3.8, 4) is 0 Å². The Morgan fingerprint density at radius 3 is 2.84 bits per heavy atom. The number of nitrogens with one attached hydrogen (secondary N) is 1. The third-order valence-corrected chi connectivity index (χ3v) is 3.89. The number of nitrogens with zero attached hydrogens (tertiary/aromatic N) is 2. The Kier molecular flexibility index (Phi) is 4.01. The fourth-order valence-electron chi connectivity index (χ4n) is 1.51. The van der Waals surface area contributed by atoms with Gasteiger partial charge >= 0.3 is 0 Å². The van der Waals surface area contributed by atoms with E-state index in [-0.39, 0.29) is 28.5 Å². The summed E-state index contributed by atoms with van der Waals surface area (Å²) in [4.78, 5) is 20.3. The maximum Gasteiger partial charge on any atom is 0.272 e. The molecule has 0 saturated heterocycles. The fourth-order valence-corrected chi connectivity index (χ4v) is 2.51. The zero-order chi connectivity index (χ0) is 14.0.